The molecule has 0 saturated heterocycles. The van der Waals surface area contributed by atoms with E-state index in [0.29, 0.717) is 18.9 Å². The maximum atomic E-state index is 12.4. The first kappa shape index (κ1) is 16.5. The minimum absolute atomic E-state index is 0.0305. The molecule has 1 rings (SSSR count). The van der Waals surface area contributed by atoms with Gasteiger partial charge in [-0.2, -0.15) is 0 Å². The molecule has 2 atom stereocenters. The molecule has 4 nitrogen and oxygen atoms in total. The van der Waals surface area contributed by atoms with Crippen molar-refractivity contribution in [2.24, 2.45) is 11.7 Å². The molecule has 20 heavy (non-hydrogen) atoms. The molecule has 4 heteroatoms. The highest BCUT2D eigenvalue weighted by molar-refractivity contribution is 5.82. The van der Waals surface area contributed by atoms with E-state index in [-0.39, 0.29) is 17.7 Å². The van der Waals surface area contributed by atoms with Crippen LogP contribution in [0.25, 0.3) is 0 Å². The standard InChI is InChI=1S/C16H26N2O2/c1-5-18(16(20)15(17)9-11(2)3)12(4)13-7-6-8-14(19)10-13/h6-8,10-12,15,19H,5,9,17H2,1-4H3/t12?,15-/m1/s1. The van der Waals surface area contributed by atoms with E-state index in [1.807, 2.05) is 19.9 Å². The second kappa shape index (κ2) is 7.29. The Morgan fingerprint density at radius 1 is 1.35 bits per heavy atom. The predicted molar refractivity (Wildman–Crippen MR) is 81.3 cm³/mol. The molecule has 0 bridgehead atoms. The lowest BCUT2D eigenvalue weighted by Crippen LogP contribution is -2.45. The smallest absolute Gasteiger partial charge is 0.239 e. The van der Waals surface area contributed by atoms with Gasteiger partial charge in [-0.25, -0.2) is 0 Å². The van der Waals surface area contributed by atoms with Gasteiger partial charge in [0.25, 0.3) is 0 Å². The second-order valence-electron chi connectivity index (χ2n) is 5.63. The number of phenols is 1. The molecule has 0 aliphatic carbocycles. The maximum Gasteiger partial charge on any atom is 0.239 e. The molecule has 0 heterocycles. The van der Waals surface area contributed by atoms with Crippen LogP contribution in [0.15, 0.2) is 24.3 Å². The molecule has 0 spiro atoms. The quantitative estimate of drug-likeness (QED) is 0.840. The molecule has 0 aliphatic heterocycles. The summed E-state index contributed by atoms with van der Waals surface area (Å²) in [5, 5.41) is 9.56. The molecular formula is C16H26N2O2. The fourth-order valence-electron chi connectivity index (χ4n) is 2.41. The zero-order valence-electron chi connectivity index (χ0n) is 12.8. The summed E-state index contributed by atoms with van der Waals surface area (Å²) in [7, 11) is 0. The van der Waals surface area contributed by atoms with Gasteiger partial charge in [0.1, 0.15) is 5.75 Å². The van der Waals surface area contributed by atoms with Crippen molar-refractivity contribution in [3.63, 3.8) is 0 Å². The van der Waals surface area contributed by atoms with Crippen molar-refractivity contribution in [2.45, 2.75) is 46.2 Å². The maximum absolute atomic E-state index is 12.4. The molecule has 1 aromatic carbocycles. The van der Waals surface area contributed by atoms with E-state index < -0.39 is 6.04 Å². The number of nitrogens with two attached hydrogens (primary N) is 1. The van der Waals surface area contributed by atoms with Gasteiger partial charge in [0, 0.05) is 6.54 Å². The third-order valence-corrected chi connectivity index (χ3v) is 3.49. The first-order valence-electron chi connectivity index (χ1n) is 7.21. The normalized spacial score (nSPS) is 14.1. The van der Waals surface area contributed by atoms with Crippen LogP contribution in [-0.4, -0.2) is 28.5 Å². The Morgan fingerprint density at radius 2 is 2.00 bits per heavy atom. The third-order valence-electron chi connectivity index (χ3n) is 3.49. The van der Waals surface area contributed by atoms with Gasteiger partial charge in [-0.15, -0.1) is 0 Å². The minimum atomic E-state index is -0.463. The monoisotopic (exact) mass is 278 g/mol. The van der Waals surface area contributed by atoms with E-state index in [1.54, 1.807) is 23.1 Å². The first-order chi connectivity index (χ1) is 9.36. The van der Waals surface area contributed by atoms with Crippen molar-refractivity contribution in [3.05, 3.63) is 29.8 Å². The van der Waals surface area contributed by atoms with Crippen molar-refractivity contribution in [1.29, 1.82) is 0 Å². The Labute approximate surface area is 121 Å². The van der Waals surface area contributed by atoms with Gasteiger partial charge in [0.05, 0.1) is 12.1 Å². The van der Waals surface area contributed by atoms with Crippen LogP contribution < -0.4 is 5.73 Å². The van der Waals surface area contributed by atoms with Gasteiger partial charge >= 0.3 is 0 Å². The van der Waals surface area contributed by atoms with Gasteiger partial charge < -0.3 is 15.7 Å². The van der Waals surface area contributed by atoms with Crippen LogP contribution >= 0.6 is 0 Å². The third kappa shape index (κ3) is 4.23. The molecule has 1 unspecified atom stereocenters. The number of likely N-dealkylation sites (N-methyl/N-ethyl adjacent to an activating group) is 1. The SMILES string of the molecule is CCN(C(=O)[C@H](N)CC(C)C)C(C)c1cccc(O)c1. The summed E-state index contributed by atoms with van der Waals surface area (Å²) in [5.41, 5.74) is 6.91. The van der Waals surface area contributed by atoms with Crippen molar-refractivity contribution in [1.82, 2.24) is 4.90 Å². The van der Waals surface area contributed by atoms with Crippen molar-refractivity contribution < 1.29 is 9.90 Å². The van der Waals surface area contributed by atoms with E-state index in [9.17, 15) is 9.90 Å². The molecule has 112 valence electrons. The van der Waals surface area contributed by atoms with E-state index in [1.165, 1.54) is 0 Å². The largest absolute Gasteiger partial charge is 0.508 e. The fraction of sp³-hybridized carbons (Fsp3) is 0.562. The van der Waals surface area contributed by atoms with Crippen LogP contribution in [0, 0.1) is 5.92 Å². The van der Waals surface area contributed by atoms with Crippen LogP contribution in [0.2, 0.25) is 0 Å². The number of amides is 1. The highest BCUT2D eigenvalue weighted by Gasteiger charge is 2.25. The molecular weight excluding hydrogens is 252 g/mol. The summed E-state index contributed by atoms with van der Waals surface area (Å²) >= 11 is 0. The highest BCUT2D eigenvalue weighted by atomic mass is 16.3. The van der Waals surface area contributed by atoms with Crippen molar-refractivity contribution in [2.75, 3.05) is 6.54 Å². The van der Waals surface area contributed by atoms with Crippen LogP contribution in [0.4, 0.5) is 0 Å². The Morgan fingerprint density at radius 3 is 2.50 bits per heavy atom. The summed E-state index contributed by atoms with van der Waals surface area (Å²) < 4.78 is 0. The zero-order valence-corrected chi connectivity index (χ0v) is 12.8. The average Bonchev–Trinajstić information content (AvgIpc) is 2.38. The molecule has 3 N–H and O–H groups in total. The number of carbonyl (C=O) groups excluding carboxylic acids is 1. The Kier molecular flexibility index (Phi) is 6.02. The molecule has 0 aliphatic rings. The van der Waals surface area contributed by atoms with E-state index in [0.717, 1.165) is 5.56 Å². The molecule has 1 aromatic rings. The number of carbonyl (C=O) groups is 1. The summed E-state index contributed by atoms with van der Waals surface area (Å²) in [6.07, 6.45) is 0.683. The number of phenolic OH excluding ortho intramolecular Hbond substituents is 1. The van der Waals surface area contributed by atoms with Crippen molar-refractivity contribution in [3.8, 4) is 5.75 Å². The van der Waals surface area contributed by atoms with E-state index >= 15 is 0 Å². The van der Waals surface area contributed by atoms with Crippen molar-refractivity contribution >= 4 is 5.91 Å². The molecule has 0 fully saturated rings. The fourth-order valence-corrected chi connectivity index (χ4v) is 2.41. The number of aromatic hydroxyl groups is 1. The first-order valence-corrected chi connectivity index (χ1v) is 7.21. The van der Waals surface area contributed by atoms with Gasteiger partial charge in [-0.05, 0) is 43.9 Å². The topological polar surface area (TPSA) is 66.6 Å². The van der Waals surface area contributed by atoms with Gasteiger partial charge in [-0.3, -0.25) is 4.79 Å². The van der Waals surface area contributed by atoms with Crippen LogP contribution in [0.3, 0.4) is 0 Å². The molecule has 0 saturated carbocycles. The van der Waals surface area contributed by atoms with Crippen LogP contribution in [0.5, 0.6) is 5.75 Å². The van der Waals surface area contributed by atoms with E-state index in [2.05, 4.69) is 13.8 Å². The Hall–Kier alpha value is -1.55. The second-order valence-corrected chi connectivity index (χ2v) is 5.63. The number of rotatable bonds is 6. The number of nitrogens with zero attached hydrogens (tertiary/aromatic N) is 1. The summed E-state index contributed by atoms with van der Waals surface area (Å²) in [6, 6.07) is 6.45. The molecule has 0 radical (unpaired) electrons. The Bertz CT molecular complexity index is 446. The van der Waals surface area contributed by atoms with Crippen LogP contribution in [0.1, 0.15) is 45.7 Å². The lowest BCUT2D eigenvalue weighted by atomic mass is 10.0. The number of hydrogen-bond acceptors (Lipinski definition) is 3. The van der Waals surface area contributed by atoms with Gasteiger partial charge in [0.15, 0.2) is 0 Å². The van der Waals surface area contributed by atoms with Crippen LogP contribution in [-0.2, 0) is 4.79 Å². The average molecular weight is 278 g/mol. The Balaban J connectivity index is 2.86. The number of hydrogen-bond donors (Lipinski definition) is 2. The lowest BCUT2D eigenvalue weighted by Gasteiger charge is -2.31. The summed E-state index contributed by atoms with van der Waals surface area (Å²) in [6.45, 7) is 8.61. The summed E-state index contributed by atoms with van der Waals surface area (Å²) in [4.78, 5) is 14.2. The number of benzene rings is 1. The zero-order chi connectivity index (χ0) is 15.3. The predicted octanol–water partition coefficient (Wildman–Crippen LogP) is 2.68. The summed E-state index contributed by atoms with van der Waals surface area (Å²) in [5.74, 6) is 0.574. The van der Waals surface area contributed by atoms with Gasteiger partial charge in [0.2, 0.25) is 5.91 Å². The molecule has 1 amide bonds. The molecule has 0 aromatic heterocycles. The van der Waals surface area contributed by atoms with E-state index in [4.69, 9.17) is 5.73 Å². The highest BCUT2D eigenvalue weighted by Crippen LogP contribution is 2.24. The van der Waals surface area contributed by atoms with Gasteiger partial charge in [-0.1, -0.05) is 26.0 Å². The minimum Gasteiger partial charge on any atom is -0.508 e. The lowest BCUT2D eigenvalue weighted by molar-refractivity contribution is -0.134.